The molecule has 1 aliphatic rings. The lowest BCUT2D eigenvalue weighted by atomic mass is 10.1. The molecule has 17 heavy (non-hydrogen) atoms. The molecule has 6 nitrogen and oxygen atoms in total. The molecule has 1 unspecified atom stereocenters. The summed E-state index contributed by atoms with van der Waals surface area (Å²) in [7, 11) is 0. The number of carbonyl (C=O) groups is 2. The summed E-state index contributed by atoms with van der Waals surface area (Å²) in [6, 6.07) is 0. The number of hydrogen-bond acceptors (Lipinski definition) is 4. The summed E-state index contributed by atoms with van der Waals surface area (Å²) in [5.74, 6) is 5.56. The molecule has 1 heterocycles. The molecule has 0 aromatic heterocycles. The number of nitrogens with zero attached hydrogens (tertiary/aromatic N) is 2. The average Bonchev–Trinajstić information content (AvgIpc) is 2.25. The number of hydrogen-bond donors (Lipinski definition) is 1. The van der Waals surface area contributed by atoms with Crippen LogP contribution in [0.3, 0.4) is 0 Å². The first-order valence-electron chi connectivity index (χ1n) is 5.83. The highest BCUT2D eigenvalue weighted by Gasteiger charge is 2.32. The SMILES string of the molecule is CC(C)(C)OC(=O)N1CCCCC1N(N)C=O. The summed E-state index contributed by atoms with van der Waals surface area (Å²) in [6.45, 7) is 6.00. The monoisotopic (exact) mass is 243 g/mol. The molecular formula is C11H21N3O3. The maximum atomic E-state index is 12.0. The average molecular weight is 243 g/mol. The molecule has 6 heteroatoms. The normalized spacial score (nSPS) is 20.9. The molecule has 1 fully saturated rings. The zero-order valence-electron chi connectivity index (χ0n) is 10.7. The van der Waals surface area contributed by atoms with E-state index in [-0.39, 0.29) is 0 Å². The van der Waals surface area contributed by atoms with Gasteiger partial charge in [-0.3, -0.25) is 14.7 Å². The first-order valence-corrected chi connectivity index (χ1v) is 5.83. The van der Waals surface area contributed by atoms with Gasteiger partial charge in [-0.15, -0.1) is 0 Å². The van der Waals surface area contributed by atoms with E-state index in [1.807, 2.05) is 20.8 Å². The van der Waals surface area contributed by atoms with Crippen molar-refractivity contribution in [1.29, 1.82) is 0 Å². The maximum Gasteiger partial charge on any atom is 0.411 e. The number of nitrogens with two attached hydrogens (primary N) is 1. The van der Waals surface area contributed by atoms with Gasteiger partial charge < -0.3 is 4.74 Å². The minimum absolute atomic E-state index is 0.393. The van der Waals surface area contributed by atoms with Crippen LogP contribution in [0.25, 0.3) is 0 Å². The van der Waals surface area contributed by atoms with Crippen molar-refractivity contribution >= 4 is 12.5 Å². The Morgan fingerprint density at radius 3 is 2.65 bits per heavy atom. The van der Waals surface area contributed by atoms with Crippen LogP contribution in [-0.2, 0) is 9.53 Å². The van der Waals surface area contributed by atoms with Gasteiger partial charge in [-0.1, -0.05) is 0 Å². The van der Waals surface area contributed by atoms with Crippen LogP contribution in [0, 0.1) is 0 Å². The van der Waals surface area contributed by atoms with Gasteiger partial charge >= 0.3 is 6.09 Å². The van der Waals surface area contributed by atoms with Crippen molar-refractivity contribution in [2.75, 3.05) is 6.54 Å². The van der Waals surface area contributed by atoms with Gasteiger partial charge in [0.05, 0.1) is 0 Å². The van der Waals surface area contributed by atoms with Crippen LogP contribution in [0.1, 0.15) is 40.0 Å². The van der Waals surface area contributed by atoms with Crippen LogP contribution < -0.4 is 5.84 Å². The second-order valence-electron chi connectivity index (χ2n) is 5.20. The molecule has 2 N–H and O–H groups in total. The Hall–Kier alpha value is -1.30. The van der Waals surface area contributed by atoms with E-state index in [1.54, 1.807) is 0 Å². The Kier molecular flexibility index (Phi) is 4.34. The van der Waals surface area contributed by atoms with Crippen LogP contribution >= 0.6 is 0 Å². The molecule has 0 spiro atoms. The summed E-state index contributed by atoms with van der Waals surface area (Å²) in [5.41, 5.74) is -0.542. The predicted molar refractivity (Wildman–Crippen MR) is 62.7 cm³/mol. The molecule has 0 aliphatic carbocycles. The van der Waals surface area contributed by atoms with Crippen molar-refractivity contribution < 1.29 is 14.3 Å². The van der Waals surface area contributed by atoms with E-state index in [0.717, 1.165) is 17.9 Å². The first kappa shape index (κ1) is 13.8. The molecule has 1 saturated heterocycles. The molecule has 98 valence electrons. The smallest absolute Gasteiger partial charge is 0.411 e. The van der Waals surface area contributed by atoms with Crippen LogP contribution in [0.4, 0.5) is 4.79 Å². The number of carbonyl (C=O) groups excluding carboxylic acids is 2. The Morgan fingerprint density at radius 2 is 2.12 bits per heavy atom. The topological polar surface area (TPSA) is 75.9 Å². The summed E-state index contributed by atoms with van der Waals surface area (Å²) >= 11 is 0. The molecule has 1 atom stereocenters. The highest BCUT2D eigenvalue weighted by Crippen LogP contribution is 2.20. The fourth-order valence-electron chi connectivity index (χ4n) is 1.83. The standard InChI is InChI=1S/C11H21N3O3/c1-11(2,3)17-10(16)13-7-5-4-6-9(13)14(12)8-15/h8-9H,4-7,12H2,1-3H3. The van der Waals surface area contributed by atoms with Crippen molar-refractivity contribution in [3.63, 3.8) is 0 Å². The highest BCUT2D eigenvalue weighted by atomic mass is 16.6. The van der Waals surface area contributed by atoms with Crippen molar-refractivity contribution in [2.24, 2.45) is 5.84 Å². The molecule has 0 bridgehead atoms. The quantitative estimate of drug-likeness (QED) is 0.340. The highest BCUT2D eigenvalue weighted by molar-refractivity contribution is 5.69. The molecule has 1 aliphatic heterocycles. The van der Waals surface area contributed by atoms with E-state index < -0.39 is 17.9 Å². The van der Waals surface area contributed by atoms with E-state index in [4.69, 9.17) is 10.6 Å². The van der Waals surface area contributed by atoms with E-state index in [2.05, 4.69) is 0 Å². The second-order valence-corrected chi connectivity index (χ2v) is 5.20. The van der Waals surface area contributed by atoms with E-state index in [0.29, 0.717) is 19.4 Å². The van der Waals surface area contributed by atoms with Gasteiger partial charge in [-0.25, -0.2) is 10.6 Å². The largest absolute Gasteiger partial charge is 0.444 e. The molecule has 0 saturated carbocycles. The lowest BCUT2D eigenvalue weighted by Crippen LogP contribution is -2.56. The van der Waals surface area contributed by atoms with E-state index in [9.17, 15) is 9.59 Å². The van der Waals surface area contributed by atoms with Gasteiger partial charge in [0, 0.05) is 6.54 Å². The van der Waals surface area contributed by atoms with Gasteiger partial charge in [0.15, 0.2) is 0 Å². The lowest BCUT2D eigenvalue weighted by molar-refractivity contribution is -0.125. The summed E-state index contributed by atoms with van der Waals surface area (Å²) in [4.78, 5) is 24.1. The zero-order valence-corrected chi connectivity index (χ0v) is 10.7. The third kappa shape index (κ3) is 3.89. The summed E-state index contributed by atoms with van der Waals surface area (Å²) in [5, 5.41) is 1.03. The minimum Gasteiger partial charge on any atom is -0.444 e. The van der Waals surface area contributed by atoms with Crippen LogP contribution in [0.2, 0.25) is 0 Å². The molecule has 0 aromatic rings. The summed E-state index contributed by atoms with van der Waals surface area (Å²) < 4.78 is 5.29. The number of rotatable bonds is 2. The Labute approximate surface area is 102 Å². The van der Waals surface area contributed by atoms with Gasteiger partial charge in [0.2, 0.25) is 6.41 Å². The predicted octanol–water partition coefficient (Wildman–Crippen LogP) is 1.07. The van der Waals surface area contributed by atoms with Gasteiger partial charge in [0.25, 0.3) is 0 Å². The number of ether oxygens (including phenoxy) is 1. The fourth-order valence-corrected chi connectivity index (χ4v) is 1.83. The molecule has 2 amide bonds. The summed E-state index contributed by atoms with van der Waals surface area (Å²) in [6.07, 6.45) is 2.27. The third-order valence-corrected chi connectivity index (χ3v) is 2.56. The molecular weight excluding hydrogens is 222 g/mol. The number of hydrazine groups is 1. The van der Waals surface area contributed by atoms with Gasteiger partial charge in [0.1, 0.15) is 11.8 Å². The maximum absolute atomic E-state index is 12.0. The van der Waals surface area contributed by atoms with Crippen LogP contribution in [0.15, 0.2) is 0 Å². The number of likely N-dealkylation sites (tertiary alicyclic amines) is 1. The molecule has 1 rings (SSSR count). The zero-order chi connectivity index (χ0) is 13.1. The van der Waals surface area contributed by atoms with Gasteiger partial charge in [-0.05, 0) is 40.0 Å². The lowest BCUT2D eigenvalue weighted by Gasteiger charge is -2.39. The number of piperidine rings is 1. The Morgan fingerprint density at radius 1 is 1.47 bits per heavy atom. The van der Waals surface area contributed by atoms with E-state index >= 15 is 0 Å². The first-order chi connectivity index (χ1) is 7.85. The Bertz CT molecular complexity index is 288. The van der Waals surface area contributed by atoms with Crippen molar-refractivity contribution in [1.82, 2.24) is 9.91 Å². The minimum atomic E-state index is -0.542. The van der Waals surface area contributed by atoms with Crippen LogP contribution in [-0.4, -0.2) is 40.7 Å². The van der Waals surface area contributed by atoms with E-state index in [1.165, 1.54) is 4.90 Å². The van der Waals surface area contributed by atoms with Crippen LogP contribution in [0.5, 0.6) is 0 Å². The molecule has 0 radical (unpaired) electrons. The fraction of sp³-hybridized carbons (Fsp3) is 0.818. The Balaban J connectivity index is 2.70. The van der Waals surface area contributed by atoms with Crippen molar-refractivity contribution in [3.05, 3.63) is 0 Å². The van der Waals surface area contributed by atoms with Crippen molar-refractivity contribution in [3.8, 4) is 0 Å². The second kappa shape index (κ2) is 5.35. The number of amides is 2. The third-order valence-electron chi connectivity index (χ3n) is 2.56. The van der Waals surface area contributed by atoms with Crippen molar-refractivity contribution in [2.45, 2.75) is 51.8 Å². The molecule has 0 aromatic carbocycles. The van der Waals surface area contributed by atoms with Gasteiger partial charge in [-0.2, -0.15) is 0 Å².